The lowest BCUT2D eigenvalue weighted by molar-refractivity contribution is 0.0979. The maximum Gasteiger partial charge on any atom is 0.162 e. The average Bonchev–Trinajstić information content (AvgIpc) is 2.85. The van der Waals surface area contributed by atoms with Gasteiger partial charge in [0.25, 0.3) is 0 Å². The number of carbonyl (C=O) groups excluding carboxylic acids is 1. The molecule has 0 radical (unpaired) electrons. The predicted octanol–water partition coefficient (Wildman–Crippen LogP) is 5.35. The average molecular weight is 266 g/mol. The number of furan rings is 1. The minimum atomic E-state index is 0.227. The van der Waals surface area contributed by atoms with Crippen LogP contribution in [0.1, 0.15) is 43.0 Å². The number of Topliss-reactive ketones (excluding diaryl/α,β-unsaturated/α-hetero) is 1. The van der Waals surface area contributed by atoms with E-state index in [9.17, 15) is 4.79 Å². The number of rotatable bonds is 5. The van der Waals surface area contributed by atoms with Crippen LogP contribution < -0.4 is 0 Å². The molecule has 0 aliphatic carbocycles. The molecule has 0 saturated heterocycles. The van der Waals surface area contributed by atoms with Crippen LogP contribution in [0.15, 0.2) is 46.9 Å². The molecule has 0 unspecified atom stereocenters. The summed E-state index contributed by atoms with van der Waals surface area (Å²) in [7, 11) is 0. The van der Waals surface area contributed by atoms with Crippen LogP contribution in [0.4, 0.5) is 0 Å². The van der Waals surface area contributed by atoms with E-state index in [0.29, 0.717) is 6.42 Å². The van der Waals surface area contributed by atoms with Gasteiger partial charge in [-0.05, 0) is 30.7 Å². The van der Waals surface area contributed by atoms with Crippen LogP contribution in [0.3, 0.4) is 0 Å². The van der Waals surface area contributed by atoms with Crippen molar-refractivity contribution in [2.45, 2.75) is 32.6 Å². The summed E-state index contributed by atoms with van der Waals surface area (Å²) in [6.45, 7) is 2.15. The molecular formula is C18H18O2. The van der Waals surface area contributed by atoms with Crippen LogP contribution in [0, 0.1) is 0 Å². The van der Waals surface area contributed by atoms with Gasteiger partial charge in [0.05, 0.1) is 0 Å². The van der Waals surface area contributed by atoms with Gasteiger partial charge >= 0.3 is 0 Å². The van der Waals surface area contributed by atoms with Crippen LogP contribution in [0.2, 0.25) is 0 Å². The molecule has 0 saturated carbocycles. The summed E-state index contributed by atoms with van der Waals surface area (Å²) in [5.41, 5.74) is 2.51. The predicted molar refractivity (Wildman–Crippen MR) is 82.2 cm³/mol. The first-order chi connectivity index (χ1) is 9.79. The molecular weight excluding hydrogens is 248 g/mol. The SMILES string of the molecule is CCCCCC(=O)c1ccc2oc3ccccc3c2c1. The van der Waals surface area contributed by atoms with E-state index in [4.69, 9.17) is 4.42 Å². The van der Waals surface area contributed by atoms with Gasteiger partial charge in [0.1, 0.15) is 11.2 Å². The number of hydrogen-bond donors (Lipinski definition) is 0. The molecule has 2 nitrogen and oxygen atoms in total. The zero-order chi connectivity index (χ0) is 13.9. The molecule has 0 N–H and O–H groups in total. The molecule has 0 amide bonds. The quantitative estimate of drug-likeness (QED) is 0.460. The van der Waals surface area contributed by atoms with Crippen LogP contribution in [-0.2, 0) is 0 Å². The van der Waals surface area contributed by atoms with E-state index in [1.54, 1.807) is 0 Å². The smallest absolute Gasteiger partial charge is 0.162 e. The lowest BCUT2D eigenvalue weighted by Crippen LogP contribution is -1.98. The molecule has 0 bridgehead atoms. The lowest BCUT2D eigenvalue weighted by atomic mass is 10.0. The number of ketones is 1. The second-order valence-electron chi connectivity index (χ2n) is 5.19. The van der Waals surface area contributed by atoms with Gasteiger partial charge in [-0.2, -0.15) is 0 Å². The summed E-state index contributed by atoms with van der Waals surface area (Å²) in [4.78, 5) is 12.2. The zero-order valence-corrected chi connectivity index (χ0v) is 11.7. The Hall–Kier alpha value is -2.09. The first kappa shape index (κ1) is 12.9. The van der Waals surface area contributed by atoms with Crippen molar-refractivity contribution < 1.29 is 9.21 Å². The van der Waals surface area contributed by atoms with E-state index in [1.165, 1.54) is 0 Å². The van der Waals surface area contributed by atoms with E-state index < -0.39 is 0 Å². The third-order valence-electron chi connectivity index (χ3n) is 3.71. The van der Waals surface area contributed by atoms with Crippen LogP contribution in [0.25, 0.3) is 21.9 Å². The molecule has 3 aromatic rings. The highest BCUT2D eigenvalue weighted by Crippen LogP contribution is 2.29. The maximum atomic E-state index is 12.2. The standard InChI is InChI=1S/C18H18O2/c1-2-3-4-8-16(19)13-10-11-18-15(12-13)14-7-5-6-9-17(14)20-18/h5-7,9-12H,2-4,8H2,1H3. The largest absolute Gasteiger partial charge is 0.456 e. The fourth-order valence-corrected chi connectivity index (χ4v) is 2.58. The van der Waals surface area contributed by atoms with E-state index in [2.05, 4.69) is 6.92 Å². The fourth-order valence-electron chi connectivity index (χ4n) is 2.58. The fraction of sp³-hybridized carbons (Fsp3) is 0.278. The Balaban J connectivity index is 1.97. The van der Waals surface area contributed by atoms with Crippen molar-refractivity contribution in [2.75, 3.05) is 0 Å². The van der Waals surface area contributed by atoms with Crippen molar-refractivity contribution in [2.24, 2.45) is 0 Å². The number of benzene rings is 2. The second-order valence-corrected chi connectivity index (χ2v) is 5.19. The number of para-hydroxylation sites is 1. The number of carbonyl (C=O) groups is 1. The van der Waals surface area contributed by atoms with Crippen molar-refractivity contribution >= 4 is 27.7 Å². The van der Waals surface area contributed by atoms with E-state index in [-0.39, 0.29) is 5.78 Å². The minimum Gasteiger partial charge on any atom is -0.456 e. The number of hydrogen-bond acceptors (Lipinski definition) is 2. The highest BCUT2D eigenvalue weighted by Gasteiger charge is 2.10. The van der Waals surface area contributed by atoms with Crippen LogP contribution in [-0.4, -0.2) is 5.78 Å². The Morgan fingerprint density at radius 3 is 2.65 bits per heavy atom. The third-order valence-corrected chi connectivity index (χ3v) is 3.71. The van der Waals surface area contributed by atoms with E-state index in [0.717, 1.165) is 46.8 Å². The molecule has 2 aromatic carbocycles. The molecule has 3 rings (SSSR count). The maximum absolute atomic E-state index is 12.2. The Bertz CT molecular complexity index is 752. The second kappa shape index (κ2) is 5.49. The molecule has 20 heavy (non-hydrogen) atoms. The van der Waals surface area contributed by atoms with Crippen molar-refractivity contribution in [3.63, 3.8) is 0 Å². The normalized spacial score (nSPS) is 11.2. The summed E-state index contributed by atoms with van der Waals surface area (Å²) >= 11 is 0. The Morgan fingerprint density at radius 2 is 1.80 bits per heavy atom. The van der Waals surface area contributed by atoms with Gasteiger partial charge in [-0.1, -0.05) is 38.0 Å². The topological polar surface area (TPSA) is 30.2 Å². The van der Waals surface area contributed by atoms with Gasteiger partial charge in [-0.15, -0.1) is 0 Å². The molecule has 0 spiro atoms. The summed E-state index contributed by atoms with van der Waals surface area (Å²) in [6.07, 6.45) is 3.86. The van der Waals surface area contributed by atoms with Gasteiger partial charge in [0, 0.05) is 22.8 Å². The Morgan fingerprint density at radius 1 is 1.00 bits per heavy atom. The van der Waals surface area contributed by atoms with Crippen molar-refractivity contribution in [3.05, 3.63) is 48.0 Å². The molecule has 1 heterocycles. The van der Waals surface area contributed by atoms with Gasteiger partial charge < -0.3 is 4.42 Å². The van der Waals surface area contributed by atoms with Gasteiger partial charge in [-0.25, -0.2) is 0 Å². The Kier molecular flexibility index (Phi) is 3.55. The monoisotopic (exact) mass is 266 g/mol. The van der Waals surface area contributed by atoms with Crippen molar-refractivity contribution in [1.29, 1.82) is 0 Å². The summed E-state index contributed by atoms with van der Waals surface area (Å²) in [5.74, 6) is 0.227. The first-order valence-corrected chi connectivity index (χ1v) is 7.24. The molecule has 2 heteroatoms. The number of fused-ring (bicyclic) bond motifs is 3. The molecule has 0 aliphatic heterocycles. The van der Waals surface area contributed by atoms with Crippen LogP contribution in [0.5, 0.6) is 0 Å². The van der Waals surface area contributed by atoms with E-state index >= 15 is 0 Å². The molecule has 102 valence electrons. The van der Waals surface area contributed by atoms with E-state index in [1.807, 2.05) is 42.5 Å². The Labute approximate surface area is 118 Å². The third kappa shape index (κ3) is 2.34. The summed E-state index contributed by atoms with van der Waals surface area (Å²) < 4.78 is 5.77. The lowest BCUT2D eigenvalue weighted by Gasteiger charge is -2.00. The van der Waals surface area contributed by atoms with Gasteiger partial charge in [-0.3, -0.25) is 4.79 Å². The number of unbranched alkanes of at least 4 members (excludes halogenated alkanes) is 2. The van der Waals surface area contributed by atoms with Gasteiger partial charge in [0.2, 0.25) is 0 Å². The highest BCUT2D eigenvalue weighted by atomic mass is 16.3. The zero-order valence-electron chi connectivity index (χ0n) is 11.7. The summed E-state index contributed by atoms with van der Waals surface area (Å²) in [6, 6.07) is 13.7. The minimum absolute atomic E-state index is 0.227. The van der Waals surface area contributed by atoms with Crippen molar-refractivity contribution in [3.8, 4) is 0 Å². The molecule has 0 fully saturated rings. The van der Waals surface area contributed by atoms with Crippen molar-refractivity contribution in [1.82, 2.24) is 0 Å². The molecule has 0 aliphatic rings. The van der Waals surface area contributed by atoms with Crippen LogP contribution >= 0.6 is 0 Å². The highest BCUT2D eigenvalue weighted by molar-refractivity contribution is 6.08. The van der Waals surface area contributed by atoms with Gasteiger partial charge in [0.15, 0.2) is 5.78 Å². The first-order valence-electron chi connectivity index (χ1n) is 7.24. The summed E-state index contributed by atoms with van der Waals surface area (Å²) in [5, 5.41) is 2.10. The molecule has 1 aromatic heterocycles. The molecule has 0 atom stereocenters.